The molecule has 1 aromatic rings. The number of urea groups is 1. The van der Waals surface area contributed by atoms with E-state index in [0.717, 1.165) is 21.1 Å². The molecule has 2 rings (SSSR count). The van der Waals surface area contributed by atoms with E-state index >= 15 is 0 Å². The van der Waals surface area contributed by atoms with Gasteiger partial charge in [0.05, 0.1) is 6.54 Å². The van der Waals surface area contributed by atoms with E-state index in [1.54, 1.807) is 0 Å². The molecule has 31 heavy (non-hydrogen) atoms. The van der Waals surface area contributed by atoms with Gasteiger partial charge in [-0.3, -0.25) is 24.1 Å². The monoisotopic (exact) mass is 455 g/mol. The van der Waals surface area contributed by atoms with Gasteiger partial charge in [-0.1, -0.05) is 5.16 Å². The summed E-state index contributed by atoms with van der Waals surface area (Å²) in [4.78, 5) is 69.6. The molecule has 2 heterocycles. The Balaban J connectivity index is 1.99. The number of aliphatic carboxylic acids is 1. The largest absolute Gasteiger partial charge is 0.480 e. The first-order chi connectivity index (χ1) is 14.6. The molecule has 0 saturated carbocycles. The number of rotatable bonds is 9. The molecule has 1 atom stereocenters. The van der Waals surface area contributed by atoms with Crippen molar-refractivity contribution in [2.75, 3.05) is 39.0 Å². The number of oxime groups is 1. The summed E-state index contributed by atoms with van der Waals surface area (Å²) in [6, 6.07) is -1.86. The highest BCUT2D eigenvalue weighted by molar-refractivity contribution is 7.13. The number of hydrogen-bond donors (Lipinski definition) is 4. The summed E-state index contributed by atoms with van der Waals surface area (Å²) in [5.74, 6) is -3.11. The first-order valence-electron chi connectivity index (χ1n) is 8.84. The van der Waals surface area contributed by atoms with E-state index in [9.17, 15) is 24.0 Å². The van der Waals surface area contributed by atoms with Crippen molar-refractivity contribution >= 4 is 51.9 Å². The lowest BCUT2D eigenvalue weighted by atomic mass is 10.1. The predicted octanol–water partition coefficient (Wildman–Crippen LogP) is -1.95. The third-order valence-electron chi connectivity index (χ3n) is 3.98. The van der Waals surface area contributed by atoms with Crippen LogP contribution in [0.3, 0.4) is 0 Å². The topological polar surface area (TPSA) is 197 Å². The summed E-state index contributed by atoms with van der Waals surface area (Å²) >= 11 is 1.09. The molecule has 0 aliphatic carbocycles. The number of carbonyl (C=O) groups excluding carboxylic acids is 4. The first-order valence-corrected chi connectivity index (χ1v) is 9.71. The van der Waals surface area contributed by atoms with Crippen LogP contribution in [-0.4, -0.2) is 94.7 Å². The second-order valence-electron chi connectivity index (χ2n) is 6.25. The molecule has 1 fully saturated rings. The Hall–Kier alpha value is -3.75. The second kappa shape index (κ2) is 10.3. The Morgan fingerprint density at radius 3 is 2.68 bits per heavy atom. The van der Waals surface area contributed by atoms with Crippen molar-refractivity contribution in [2.45, 2.75) is 13.0 Å². The number of nitrogens with two attached hydrogens (primary N) is 1. The standard InChI is InChI=1S/C16H21N7O7S/c1-8(24)18-3-4-22(6-11(25)26)16(29)23-5-9(14(23)28)19-13(27)12(21-30-2)10-7-31-15(17)20-10/h7,9H,3-6H2,1-2H3,(H2,17,20)(H,18,24)(H,19,27)(H,25,26)/t9-/m0/s1. The number of anilines is 1. The molecule has 0 aromatic carbocycles. The van der Waals surface area contributed by atoms with E-state index < -0.39 is 36.4 Å². The quantitative estimate of drug-likeness (QED) is 0.186. The molecule has 1 saturated heterocycles. The summed E-state index contributed by atoms with van der Waals surface area (Å²) in [5.41, 5.74) is 5.51. The fraction of sp³-hybridized carbons (Fsp3) is 0.438. The maximum Gasteiger partial charge on any atom is 0.327 e. The number of hydrogen-bond acceptors (Lipinski definition) is 10. The van der Waals surface area contributed by atoms with Gasteiger partial charge in [-0.15, -0.1) is 11.3 Å². The fourth-order valence-corrected chi connectivity index (χ4v) is 3.12. The smallest absolute Gasteiger partial charge is 0.327 e. The number of carbonyl (C=O) groups is 5. The summed E-state index contributed by atoms with van der Waals surface area (Å²) in [5, 5.41) is 19.2. The van der Waals surface area contributed by atoms with Crippen LogP contribution < -0.4 is 16.4 Å². The van der Waals surface area contributed by atoms with Gasteiger partial charge >= 0.3 is 12.0 Å². The van der Waals surface area contributed by atoms with E-state index in [2.05, 4.69) is 25.6 Å². The third-order valence-corrected chi connectivity index (χ3v) is 4.65. The van der Waals surface area contributed by atoms with Crippen molar-refractivity contribution in [3.63, 3.8) is 0 Å². The van der Waals surface area contributed by atoms with Crippen molar-refractivity contribution in [3.05, 3.63) is 11.1 Å². The van der Waals surface area contributed by atoms with Crippen molar-refractivity contribution < 1.29 is 33.9 Å². The van der Waals surface area contributed by atoms with Gasteiger partial charge in [0.2, 0.25) is 5.91 Å². The van der Waals surface area contributed by atoms with E-state index in [-0.39, 0.29) is 42.1 Å². The number of aromatic nitrogens is 1. The number of imide groups is 1. The lowest BCUT2D eigenvalue weighted by Crippen LogP contribution is -2.68. The summed E-state index contributed by atoms with van der Waals surface area (Å²) < 4.78 is 0. The highest BCUT2D eigenvalue weighted by Gasteiger charge is 2.44. The van der Waals surface area contributed by atoms with E-state index in [1.165, 1.54) is 19.4 Å². The number of carboxylic acids is 1. The molecule has 14 nitrogen and oxygen atoms in total. The Kier molecular flexibility index (Phi) is 7.84. The number of likely N-dealkylation sites (tertiary alicyclic amines) is 1. The molecule has 1 aromatic heterocycles. The van der Waals surface area contributed by atoms with Gasteiger partial charge in [0, 0.05) is 25.4 Å². The summed E-state index contributed by atoms with van der Waals surface area (Å²) in [6.07, 6.45) is 0. The second-order valence-corrected chi connectivity index (χ2v) is 7.14. The summed E-state index contributed by atoms with van der Waals surface area (Å²) in [7, 11) is 1.23. The lowest BCUT2D eigenvalue weighted by molar-refractivity contribution is -0.143. The highest BCUT2D eigenvalue weighted by Crippen LogP contribution is 2.16. The lowest BCUT2D eigenvalue weighted by Gasteiger charge is -2.39. The van der Waals surface area contributed by atoms with Crippen LogP contribution in [0.4, 0.5) is 9.93 Å². The summed E-state index contributed by atoms with van der Waals surface area (Å²) in [6.45, 7) is 0.358. The number of nitrogens with zero attached hydrogens (tertiary/aromatic N) is 4. The van der Waals surface area contributed by atoms with Crippen molar-refractivity contribution in [1.29, 1.82) is 0 Å². The van der Waals surface area contributed by atoms with Crippen molar-refractivity contribution in [2.24, 2.45) is 5.16 Å². The number of nitrogens with one attached hydrogen (secondary N) is 2. The predicted molar refractivity (Wildman–Crippen MR) is 107 cm³/mol. The van der Waals surface area contributed by atoms with Crippen LogP contribution in [0.1, 0.15) is 12.6 Å². The van der Waals surface area contributed by atoms with Gasteiger partial charge in [-0.05, 0) is 0 Å². The van der Waals surface area contributed by atoms with Crippen LogP contribution in [0.5, 0.6) is 0 Å². The van der Waals surface area contributed by atoms with Gasteiger partial charge in [-0.2, -0.15) is 0 Å². The van der Waals surface area contributed by atoms with Gasteiger partial charge in [0.15, 0.2) is 10.8 Å². The third kappa shape index (κ3) is 6.11. The maximum absolute atomic E-state index is 12.5. The van der Waals surface area contributed by atoms with Crippen LogP contribution in [-0.2, 0) is 24.0 Å². The molecule has 5 N–H and O–H groups in total. The molecule has 1 aliphatic rings. The SMILES string of the molecule is CON=C(C(=O)N[C@H]1CN(C(=O)N(CCNC(C)=O)CC(=O)O)C1=O)c1csc(N)n1. The zero-order valence-electron chi connectivity index (χ0n) is 16.7. The zero-order chi connectivity index (χ0) is 23.1. The minimum Gasteiger partial charge on any atom is -0.480 e. The minimum absolute atomic E-state index is 0.0180. The van der Waals surface area contributed by atoms with Crippen molar-refractivity contribution in [3.8, 4) is 0 Å². The Labute approximate surface area is 180 Å². The Morgan fingerprint density at radius 1 is 1.45 bits per heavy atom. The number of thiazole rings is 1. The van der Waals surface area contributed by atoms with Gasteiger partial charge in [-0.25, -0.2) is 9.78 Å². The molecule has 0 spiro atoms. The van der Waals surface area contributed by atoms with Crippen LogP contribution in [0.15, 0.2) is 10.5 Å². The van der Waals surface area contributed by atoms with Crippen molar-refractivity contribution in [1.82, 2.24) is 25.4 Å². The average molecular weight is 455 g/mol. The van der Waals surface area contributed by atoms with Crippen LogP contribution >= 0.6 is 11.3 Å². The van der Waals surface area contributed by atoms with Crippen LogP contribution in [0, 0.1) is 0 Å². The van der Waals surface area contributed by atoms with Crippen LogP contribution in [0.25, 0.3) is 0 Å². The highest BCUT2D eigenvalue weighted by atomic mass is 32.1. The molecule has 0 radical (unpaired) electrons. The van der Waals surface area contributed by atoms with E-state index in [1.807, 2.05) is 0 Å². The number of amides is 5. The van der Waals surface area contributed by atoms with E-state index in [4.69, 9.17) is 10.8 Å². The number of carboxylic acid groups (broad SMARTS) is 1. The normalized spacial score (nSPS) is 15.7. The minimum atomic E-state index is -1.28. The van der Waals surface area contributed by atoms with E-state index in [0.29, 0.717) is 0 Å². The number of nitrogen functional groups attached to an aromatic ring is 1. The molecule has 15 heteroatoms. The van der Waals surface area contributed by atoms with Gasteiger partial charge in [0.1, 0.15) is 25.4 Å². The average Bonchev–Trinajstić information content (AvgIpc) is 3.12. The fourth-order valence-electron chi connectivity index (χ4n) is 2.57. The maximum atomic E-state index is 12.5. The Bertz CT molecular complexity index is 916. The number of β-lactam (4-membered cyclic amide) rings is 1. The van der Waals surface area contributed by atoms with Crippen LogP contribution in [0.2, 0.25) is 0 Å². The molecule has 0 bridgehead atoms. The van der Waals surface area contributed by atoms with Gasteiger partial charge < -0.3 is 31.2 Å². The molecular formula is C16H21N7O7S. The molecule has 1 aliphatic heterocycles. The zero-order valence-corrected chi connectivity index (χ0v) is 17.5. The molecule has 168 valence electrons. The Morgan fingerprint density at radius 2 is 2.16 bits per heavy atom. The molecular weight excluding hydrogens is 434 g/mol. The first kappa shape index (κ1) is 23.5. The van der Waals surface area contributed by atoms with Gasteiger partial charge in [0.25, 0.3) is 11.8 Å². The molecule has 5 amide bonds. The molecule has 0 unspecified atom stereocenters.